The molecule has 0 bridgehead atoms. The summed E-state index contributed by atoms with van der Waals surface area (Å²) in [5.41, 5.74) is -2.34. The zero-order chi connectivity index (χ0) is 34.1. The Morgan fingerprint density at radius 3 is 1.35 bits per heavy atom. The second kappa shape index (κ2) is 12.1. The number of fused-ring (bicyclic) bond motifs is 1. The molecule has 3 atom stereocenters. The predicted octanol–water partition coefficient (Wildman–Crippen LogP) is 8.17. The van der Waals surface area contributed by atoms with Gasteiger partial charge in [-0.1, -0.05) is 146 Å². The molecule has 6 nitrogen and oxygen atoms in total. The van der Waals surface area contributed by atoms with E-state index in [1.54, 1.807) is 35.2 Å². The van der Waals surface area contributed by atoms with E-state index in [2.05, 4.69) is 24.3 Å². The van der Waals surface area contributed by atoms with Crippen molar-refractivity contribution in [2.45, 2.75) is 17.3 Å². The Bertz CT molecular complexity index is 2140. The van der Waals surface area contributed by atoms with E-state index in [0.29, 0.717) is 33.6 Å². The first kappa shape index (κ1) is 30.9. The van der Waals surface area contributed by atoms with Gasteiger partial charge in [-0.05, 0) is 34.4 Å². The summed E-state index contributed by atoms with van der Waals surface area (Å²) >= 11 is 0. The number of carbonyl (C=O) groups excluding carboxylic acids is 1. The Morgan fingerprint density at radius 1 is 0.490 bits per heavy atom. The lowest BCUT2D eigenvalue weighted by molar-refractivity contribution is -0.126. The molecular weight excluding hydrogens is 603 g/mol. The highest BCUT2D eigenvalue weighted by Gasteiger charge is 2.73. The Hall–Kier alpha value is -6.73. The molecule has 0 radical (unpaired) electrons. The van der Waals surface area contributed by atoms with Gasteiger partial charge in [-0.2, -0.15) is 21.0 Å². The van der Waals surface area contributed by atoms with Crippen LogP contribution >= 0.6 is 0 Å². The number of nitrogens with zero attached hydrogens (tertiary/aromatic N) is 5. The third-order valence-corrected chi connectivity index (χ3v) is 10.3. The van der Waals surface area contributed by atoms with E-state index in [-0.39, 0.29) is 5.91 Å². The molecule has 1 saturated heterocycles. The van der Waals surface area contributed by atoms with Crippen molar-refractivity contribution in [3.05, 3.63) is 186 Å². The molecule has 232 valence electrons. The van der Waals surface area contributed by atoms with E-state index in [1.807, 2.05) is 127 Å². The first-order chi connectivity index (χ1) is 24.0. The summed E-state index contributed by atoms with van der Waals surface area (Å²) in [5.74, 6) is -3.30. The molecule has 6 heteroatoms. The van der Waals surface area contributed by atoms with Gasteiger partial charge in [0.2, 0.25) is 5.91 Å². The van der Waals surface area contributed by atoms with Crippen LogP contribution in [0.25, 0.3) is 0 Å². The second-order valence-corrected chi connectivity index (χ2v) is 12.4. The fraction of sp³-hybridized carbons (Fsp3) is 0.140. The number of hydrogen-bond acceptors (Lipinski definition) is 5. The first-order valence-corrected chi connectivity index (χ1v) is 16.0. The van der Waals surface area contributed by atoms with E-state index >= 15 is 4.79 Å². The Morgan fingerprint density at radius 2 is 0.898 bits per heavy atom. The summed E-state index contributed by atoms with van der Waals surface area (Å²) in [5, 5.41) is 45.1. The lowest BCUT2D eigenvalue weighted by Gasteiger charge is -2.59. The molecule has 49 heavy (non-hydrogen) atoms. The van der Waals surface area contributed by atoms with Gasteiger partial charge in [0.25, 0.3) is 0 Å². The third kappa shape index (κ3) is 4.26. The molecule has 1 amide bonds. The maximum absolute atomic E-state index is 16.0. The van der Waals surface area contributed by atoms with Crippen LogP contribution in [0.15, 0.2) is 163 Å². The van der Waals surface area contributed by atoms with E-state index in [4.69, 9.17) is 0 Å². The lowest BCUT2D eigenvalue weighted by Crippen LogP contribution is -2.65. The van der Waals surface area contributed by atoms with Crippen LogP contribution in [0.3, 0.4) is 0 Å². The number of hydrogen-bond donors (Lipinski definition) is 0. The fourth-order valence-corrected chi connectivity index (χ4v) is 8.23. The lowest BCUT2D eigenvalue weighted by atomic mass is 9.42. The second-order valence-electron chi connectivity index (χ2n) is 12.4. The number of amides is 1. The van der Waals surface area contributed by atoms with Crippen LogP contribution in [-0.2, 0) is 10.2 Å². The fourth-order valence-electron chi connectivity index (χ4n) is 8.23. The van der Waals surface area contributed by atoms with Gasteiger partial charge >= 0.3 is 0 Å². The van der Waals surface area contributed by atoms with Gasteiger partial charge in [-0.25, -0.2) is 0 Å². The summed E-state index contributed by atoms with van der Waals surface area (Å²) in [4.78, 5) is 17.6. The van der Waals surface area contributed by atoms with Gasteiger partial charge in [-0.3, -0.25) is 9.69 Å². The molecule has 1 aliphatic heterocycles. The Labute approximate surface area is 285 Å². The number of anilines is 1. The highest BCUT2D eigenvalue weighted by atomic mass is 16.2. The summed E-state index contributed by atoms with van der Waals surface area (Å²) in [6.45, 7) is 0. The van der Waals surface area contributed by atoms with Gasteiger partial charge in [0.15, 0.2) is 10.8 Å². The largest absolute Gasteiger partial charge is 0.284 e. The van der Waals surface area contributed by atoms with Gasteiger partial charge in [0.05, 0.1) is 24.3 Å². The maximum Gasteiger partial charge on any atom is 0.247 e. The number of rotatable bonds is 5. The summed E-state index contributed by atoms with van der Waals surface area (Å²) in [6.07, 6.45) is 1.79. The maximum atomic E-state index is 16.0. The molecule has 0 saturated carbocycles. The molecule has 0 aromatic heterocycles. The highest BCUT2D eigenvalue weighted by molar-refractivity contribution is 6.08. The van der Waals surface area contributed by atoms with Crippen LogP contribution in [0.1, 0.15) is 34.1 Å². The number of nitriles is 4. The minimum atomic E-state index is -2.25. The van der Waals surface area contributed by atoms with Crippen LogP contribution < -0.4 is 4.90 Å². The van der Waals surface area contributed by atoms with Gasteiger partial charge in [0, 0.05) is 29.1 Å². The predicted molar refractivity (Wildman–Crippen MR) is 185 cm³/mol. The van der Waals surface area contributed by atoms with Gasteiger partial charge < -0.3 is 0 Å². The molecule has 0 N–H and O–H groups in total. The molecular formula is C43H29N5O. The zero-order valence-corrected chi connectivity index (χ0v) is 26.4. The van der Waals surface area contributed by atoms with E-state index < -0.39 is 34.0 Å². The van der Waals surface area contributed by atoms with Crippen molar-refractivity contribution < 1.29 is 4.79 Å². The van der Waals surface area contributed by atoms with Crippen LogP contribution in [0, 0.1) is 62.1 Å². The first-order valence-electron chi connectivity index (χ1n) is 16.0. The quantitative estimate of drug-likeness (QED) is 0.194. The normalized spacial score (nSPS) is 21.4. The Kier molecular flexibility index (Phi) is 7.65. The van der Waals surface area contributed by atoms with Crippen molar-refractivity contribution in [3.63, 3.8) is 0 Å². The van der Waals surface area contributed by atoms with Crippen LogP contribution in [0.2, 0.25) is 0 Å². The number of carbonyl (C=O) groups is 1. The number of allylic oxidation sites excluding steroid dienone is 2. The standard InChI is InChI=1S/C43H29N5O/c44-27-41(28-45)36(31-16-6-1-7-17-31)26-37-39(42(41,29-46)30-47)38(32-18-8-2-9-19-32)43(33-20-10-3-11-21-33,34-22-12-4-13-23-34)40(49)48(37)35-24-14-5-15-25-35/h1-26,36,38-39H/t36-,38-,39+/m1/s1. The number of piperidine rings is 1. The smallest absolute Gasteiger partial charge is 0.247 e. The van der Waals surface area contributed by atoms with E-state index in [0.717, 1.165) is 0 Å². The van der Waals surface area contributed by atoms with Crippen molar-refractivity contribution in [1.82, 2.24) is 0 Å². The monoisotopic (exact) mass is 631 g/mol. The minimum Gasteiger partial charge on any atom is -0.284 e. The van der Waals surface area contributed by atoms with Crippen molar-refractivity contribution in [2.24, 2.45) is 16.7 Å². The van der Waals surface area contributed by atoms with Crippen molar-refractivity contribution in [2.75, 3.05) is 4.90 Å². The molecule has 1 fully saturated rings. The molecule has 5 aromatic rings. The SMILES string of the molecule is N#CC1(C#N)[C@@H](c2ccccc2)C=C2[C@@H]([C@@H](c3ccccc3)C(c3ccccc3)(c3ccccc3)C(=O)N2c2ccccc2)C1(C#N)C#N. The molecule has 1 heterocycles. The summed E-state index contributed by atoms with van der Waals surface area (Å²) in [6, 6.07) is 55.5. The van der Waals surface area contributed by atoms with Crippen LogP contribution in [0.5, 0.6) is 0 Å². The molecule has 2 aliphatic rings. The third-order valence-electron chi connectivity index (χ3n) is 10.3. The van der Waals surface area contributed by atoms with Gasteiger partial charge in [0.1, 0.15) is 5.41 Å². The summed E-state index contributed by atoms with van der Waals surface area (Å²) in [7, 11) is 0. The zero-order valence-electron chi connectivity index (χ0n) is 26.4. The van der Waals surface area contributed by atoms with Crippen molar-refractivity contribution >= 4 is 11.6 Å². The molecule has 5 aromatic carbocycles. The van der Waals surface area contributed by atoms with Crippen LogP contribution in [0.4, 0.5) is 5.69 Å². The van der Waals surface area contributed by atoms with Crippen LogP contribution in [-0.4, -0.2) is 5.91 Å². The van der Waals surface area contributed by atoms with Crippen molar-refractivity contribution in [1.29, 1.82) is 21.0 Å². The van der Waals surface area contributed by atoms with Gasteiger partial charge in [-0.15, -0.1) is 0 Å². The van der Waals surface area contributed by atoms with E-state index in [1.165, 1.54) is 0 Å². The molecule has 7 rings (SSSR count). The van der Waals surface area contributed by atoms with E-state index in [9.17, 15) is 21.0 Å². The highest BCUT2D eigenvalue weighted by Crippen LogP contribution is 2.68. The number of benzene rings is 5. The molecule has 1 aliphatic carbocycles. The number of para-hydroxylation sites is 1. The summed E-state index contributed by atoms with van der Waals surface area (Å²) < 4.78 is 0. The van der Waals surface area contributed by atoms with Crippen molar-refractivity contribution in [3.8, 4) is 24.3 Å². The average molecular weight is 632 g/mol. The Balaban J connectivity index is 1.72. The minimum absolute atomic E-state index is 0.273. The molecule has 0 spiro atoms. The molecule has 0 unspecified atom stereocenters. The topological polar surface area (TPSA) is 115 Å². The average Bonchev–Trinajstić information content (AvgIpc) is 3.18.